The van der Waals surface area contributed by atoms with Crippen molar-refractivity contribution in [1.82, 2.24) is 15.0 Å². The van der Waals surface area contributed by atoms with Crippen molar-refractivity contribution in [3.8, 4) is 0 Å². The van der Waals surface area contributed by atoms with E-state index in [1.165, 1.54) is 35.0 Å². The van der Waals surface area contributed by atoms with Crippen LogP contribution in [0.1, 0.15) is 0 Å². The lowest BCUT2D eigenvalue weighted by atomic mass is 10.3. The lowest BCUT2D eigenvalue weighted by Gasteiger charge is -2.13. The summed E-state index contributed by atoms with van der Waals surface area (Å²) in [5.41, 5.74) is 7.15. The fraction of sp³-hybridized carbons (Fsp3) is 0.250. The van der Waals surface area contributed by atoms with Crippen LogP contribution in [0.4, 0.5) is 11.4 Å². The van der Waals surface area contributed by atoms with E-state index in [0.29, 0.717) is 23.3 Å². The van der Waals surface area contributed by atoms with E-state index in [0.717, 1.165) is 0 Å². The molecule has 13 heteroatoms. The summed E-state index contributed by atoms with van der Waals surface area (Å²) in [5, 5.41) is 19.8. The third-order valence-corrected chi connectivity index (χ3v) is 6.70. The van der Waals surface area contributed by atoms with Crippen molar-refractivity contribution in [3.05, 3.63) is 36.4 Å². The molecule has 29 heavy (non-hydrogen) atoms. The number of benzene rings is 2. The third kappa shape index (κ3) is 4.64. The molecule has 0 amide bonds. The van der Waals surface area contributed by atoms with Gasteiger partial charge in [-0.15, -0.1) is 5.10 Å². The molecule has 0 radical (unpaired) electrons. The Kier molecular flexibility index (Phi) is 5.75. The van der Waals surface area contributed by atoms with Crippen molar-refractivity contribution in [1.29, 1.82) is 0 Å². The number of fused-ring (bicyclic) bond motifs is 1. The van der Waals surface area contributed by atoms with Gasteiger partial charge in [0.25, 0.3) is 10.1 Å². The number of nitrogen functional groups attached to an aromatic ring is 1. The van der Waals surface area contributed by atoms with Crippen molar-refractivity contribution in [2.45, 2.75) is 16.3 Å². The third-order valence-electron chi connectivity index (χ3n) is 4.12. The van der Waals surface area contributed by atoms with Gasteiger partial charge in [-0.2, -0.15) is 8.42 Å². The molecule has 0 saturated heterocycles. The second-order valence-electron chi connectivity index (χ2n) is 6.16. The van der Waals surface area contributed by atoms with E-state index < -0.39 is 32.3 Å². The molecule has 0 aliphatic rings. The molecule has 11 nitrogen and oxygen atoms in total. The second-order valence-corrected chi connectivity index (χ2v) is 9.66. The molecule has 0 unspecified atom stereocenters. The Bertz CT molecular complexity index is 1250. The Morgan fingerprint density at radius 3 is 2.55 bits per heavy atom. The Morgan fingerprint density at radius 1 is 1.10 bits per heavy atom. The second kappa shape index (κ2) is 7.94. The molecule has 1 heterocycles. The van der Waals surface area contributed by atoms with Gasteiger partial charge in [0.1, 0.15) is 5.52 Å². The molecule has 0 bridgehead atoms. The van der Waals surface area contributed by atoms with Gasteiger partial charge in [0, 0.05) is 12.2 Å². The van der Waals surface area contributed by atoms with Crippen LogP contribution >= 0.6 is 0 Å². The fourth-order valence-electron chi connectivity index (χ4n) is 2.75. The van der Waals surface area contributed by atoms with Gasteiger partial charge < -0.3 is 16.2 Å². The summed E-state index contributed by atoms with van der Waals surface area (Å²) in [5.74, 6) is -0.422. The van der Waals surface area contributed by atoms with Crippen LogP contribution in [0, 0.1) is 0 Å². The Morgan fingerprint density at radius 2 is 1.86 bits per heavy atom. The van der Waals surface area contributed by atoms with Crippen LogP contribution in [-0.4, -0.2) is 60.4 Å². The molecular formula is C16H19N5O6S2. The number of nitrogens with one attached hydrogen (secondary N) is 1. The average molecular weight is 441 g/mol. The van der Waals surface area contributed by atoms with Crippen molar-refractivity contribution in [3.63, 3.8) is 0 Å². The van der Waals surface area contributed by atoms with Crippen molar-refractivity contribution in [2.24, 2.45) is 0 Å². The first-order valence-corrected chi connectivity index (χ1v) is 11.5. The van der Waals surface area contributed by atoms with Gasteiger partial charge >= 0.3 is 0 Å². The van der Waals surface area contributed by atoms with Gasteiger partial charge in [0.2, 0.25) is 0 Å². The minimum atomic E-state index is -4.34. The van der Waals surface area contributed by atoms with E-state index in [4.69, 9.17) is 15.4 Å². The highest BCUT2D eigenvalue weighted by Crippen LogP contribution is 2.25. The van der Waals surface area contributed by atoms with Crippen LogP contribution < -0.4 is 11.1 Å². The number of anilines is 2. The number of sulfone groups is 1. The smallest absolute Gasteiger partial charge is 0.294 e. The number of hydrogen-bond donors (Lipinski definition) is 4. The van der Waals surface area contributed by atoms with Gasteiger partial charge in [0.05, 0.1) is 39.9 Å². The molecule has 0 spiro atoms. The van der Waals surface area contributed by atoms with E-state index in [1.54, 1.807) is 6.07 Å². The van der Waals surface area contributed by atoms with Gasteiger partial charge in [-0.25, -0.2) is 13.1 Å². The standard InChI is InChI=1S/C16H19N5O6S2/c17-11-1-3-13(16(9-11)28(23,24)8-7-22)18-5-6-21-15-4-2-12(29(25,26)27)10-14(15)19-20-21/h1-4,9-10,18,22H,5-8,17H2,(H,25,26,27). The zero-order valence-corrected chi connectivity index (χ0v) is 16.7. The van der Waals surface area contributed by atoms with E-state index in [9.17, 15) is 16.8 Å². The Labute approximate surface area is 166 Å². The van der Waals surface area contributed by atoms with E-state index >= 15 is 0 Å². The van der Waals surface area contributed by atoms with Crippen molar-refractivity contribution in [2.75, 3.05) is 30.0 Å². The topological polar surface area (TPSA) is 177 Å². The Hall–Kier alpha value is -2.74. The molecule has 5 N–H and O–H groups in total. The summed E-state index contributed by atoms with van der Waals surface area (Å²) in [6.07, 6.45) is 0. The molecule has 0 saturated carbocycles. The quantitative estimate of drug-likeness (QED) is 0.277. The monoisotopic (exact) mass is 441 g/mol. The zero-order chi connectivity index (χ0) is 21.2. The minimum Gasteiger partial charge on any atom is -0.399 e. The van der Waals surface area contributed by atoms with Crippen LogP contribution in [0.5, 0.6) is 0 Å². The van der Waals surface area contributed by atoms with Crippen LogP contribution in [0.3, 0.4) is 0 Å². The molecule has 3 aromatic rings. The van der Waals surface area contributed by atoms with Gasteiger partial charge in [-0.05, 0) is 36.4 Å². The predicted molar refractivity (Wildman–Crippen MR) is 106 cm³/mol. The summed E-state index contributed by atoms with van der Waals surface area (Å²) >= 11 is 0. The maximum Gasteiger partial charge on any atom is 0.294 e. The van der Waals surface area contributed by atoms with Crippen LogP contribution in [-0.2, 0) is 26.5 Å². The number of aromatic nitrogens is 3. The van der Waals surface area contributed by atoms with E-state index in [-0.39, 0.29) is 22.0 Å². The summed E-state index contributed by atoms with van der Waals surface area (Å²) in [7, 11) is -8.05. The van der Waals surface area contributed by atoms with Crippen LogP contribution in [0.15, 0.2) is 46.2 Å². The lowest BCUT2D eigenvalue weighted by Crippen LogP contribution is -2.16. The normalized spacial score (nSPS) is 12.3. The first-order valence-electron chi connectivity index (χ1n) is 8.39. The van der Waals surface area contributed by atoms with Gasteiger partial charge in [0.15, 0.2) is 9.84 Å². The number of hydrogen-bond acceptors (Lipinski definition) is 9. The lowest BCUT2D eigenvalue weighted by molar-refractivity contribution is 0.319. The Balaban J connectivity index is 1.79. The molecule has 0 aliphatic heterocycles. The maximum absolute atomic E-state index is 12.3. The molecule has 0 fully saturated rings. The maximum atomic E-state index is 12.3. The van der Waals surface area contributed by atoms with E-state index in [1.807, 2.05) is 0 Å². The molecule has 1 aromatic heterocycles. The van der Waals surface area contributed by atoms with Crippen molar-refractivity contribution < 1.29 is 26.5 Å². The summed E-state index contributed by atoms with van der Waals surface area (Å²) in [6, 6.07) is 8.35. The molecule has 156 valence electrons. The molecule has 2 aromatic carbocycles. The zero-order valence-electron chi connectivity index (χ0n) is 15.1. The first-order chi connectivity index (χ1) is 13.6. The summed E-state index contributed by atoms with van der Waals surface area (Å²) < 4.78 is 57.7. The van der Waals surface area contributed by atoms with Crippen molar-refractivity contribution >= 4 is 42.4 Å². The fourth-order valence-corrected chi connectivity index (χ4v) is 4.50. The highest BCUT2D eigenvalue weighted by atomic mass is 32.2. The number of nitrogens with two attached hydrogens (primary N) is 1. The number of aliphatic hydroxyl groups is 1. The molecule has 0 atom stereocenters. The summed E-state index contributed by atoms with van der Waals surface area (Å²) in [6.45, 7) is 0.0721. The average Bonchev–Trinajstić information content (AvgIpc) is 3.04. The van der Waals surface area contributed by atoms with Crippen LogP contribution in [0.25, 0.3) is 11.0 Å². The molecular weight excluding hydrogens is 422 g/mol. The van der Waals surface area contributed by atoms with Crippen LogP contribution in [0.2, 0.25) is 0 Å². The van der Waals surface area contributed by atoms with E-state index in [2.05, 4.69) is 15.6 Å². The number of aliphatic hydroxyl groups excluding tert-OH is 1. The molecule has 0 aliphatic carbocycles. The highest BCUT2D eigenvalue weighted by Gasteiger charge is 2.19. The van der Waals surface area contributed by atoms with Gasteiger partial charge in [-0.3, -0.25) is 4.55 Å². The molecule has 3 rings (SSSR count). The SMILES string of the molecule is Nc1ccc(NCCn2nnc3cc(S(=O)(=O)O)ccc32)c(S(=O)(=O)CCO)c1. The number of rotatable bonds is 8. The van der Waals surface area contributed by atoms with Gasteiger partial charge in [-0.1, -0.05) is 5.21 Å². The summed E-state index contributed by atoms with van der Waals surface area (Å²) in [4.78, 5) is -0.288. The predicted octanol–water partition coefficient (Wildman–Crippen LogP) is 0.138. The number of nitrogens with zero attached hydrogens (tertiary/aromatic N) is 3. The minimum absolute atomic E-state index is 0.00667. The largest absolute Gasteiger partial charge is 0.399 e. The highest BCUT2D eigenvalue weighted by molar-refractivity contribution is 7.91. The first kappa shape index (κ1) is 21.0.